The molecule has 0 spiro atoms. The molecule has 26 heavy (non-hydrogen) atoms. The van der Waals surface area contributed by atoms with E-state index in [9.17, 15) is 4.39 Å². The summed E-state index contributed by atoms with van der Waals surface area (Å²) in [6, 6.07) is 20.7. The van der Waals surface area contributed by atoms with Crippen LogP contribution in [0.25, 0.3) is 10.4 Å². The summed E-state index contributed by atoms with van der Waals surface area (Å²) < 4.78 is 13.1. The molecule has 1 atom stereocenters. The molecule has 1 aliphatic heterocycles. The van der Waals surface area contributed by atoms with Crippen molar-refractivity contribution in [2.24, 2.45) is 0 Å². The molecule has 0 saturated carbocycles. The van der Waals surface area contributed by atoms with Crippen molar-refractivity contribution in [1.82, 2.24) is 4.90 Å². The van der Waals surface area contributed by atoms with Crippen molar-refractivity contribution < 1.29 is 4.39 Å². The lowest BCUT2D eigenvalue weighted by atomic mass is 10.0. The summed E-state index contributed by atoms with van der Waals surface area (Å²) >= 11 is 1.81. The summed E-state index contributed by atoms with van der Waals surface area (Å²) in [6.07, 6.45) is 4.71. The Kier molecular flexibility index (Phi) is 5.47. The van der Waals surface area contributed by atoms with Crippen LogP contribution in [-0.4, -0.2) is 17.5 Å². The van der Waals surface area contributed by atoms with E-state index in [0.29, 0.717) is 6.04 Å². The van der Waals surface area contributed by atoms with Gasteiger partial charge in [0.2, 0.25) is 0 Å². The number of rotatable bonds is 6. The van der Waals surface area contributed by atoms with Gasteiger partial charge in [0.05, 0.1) is 0 Å². The number of halogens is 1. The van der Waals surface area contributed by atoms with E-state index >= 15 is 0 Å². The van der Waals surface area contributed by atoms with E-state index in [0.717, 1.165) is 19.4 Å². The highest BCUT2D eigenvalue weighted by atomic mass is 32.1. The highest BCUT2D eigenvalue weighted by Crippen LogP contribution is 2.31. The van der Waals surface area contributed by atoms with Crippen LogP contribution in [0, 0.1) is 5.82 Å². The minimum Gasteiger partial charge on any atom is -0.296 e. The highest BCUT2D eigenvalue weighted by Gasteiger charge is 2.25. The molecule has 0 amide bonds. The first kappa shape index (κ1) is 17.4. The molecule has 1 unspecified atom stereocenters. The number of hydrogen-bond donors (Lipinski definition) is 0. The average molecular weight is 366 g/mol. The van der Waals surface area contributed by atoms with Crippen LogP contribution in [0.5, 0.6) is 0 Å². The molecule has 1 nitrogen and oxygen atoms in total. The van der Waals surface area contributed by atoms with Crippen LogP contribution in [0.2, 0.25) is 0 Å². The lowest BCUT2D eigenvalue weighted by Crippen LogP contribution is -2.29. The van der Waals surface area contributed by atoms with Gasteiger partial charge in [-0.2, -0.15) is 0 Å². The number of nitrogens with zero attached hydrogens (tertiary/aromatic N) is 1. The van der Waals surface area contributed by atoms with Gasteiger partial charge in [0.25, 0.3) is 0 Å². The molecular weight excluding hydrogens is 341 g/mol. The van der Waals surface area contributed by atoms with Gasteiger partial charge in [-0.25, -0.2) is 4.39 Å². The first-order chi connectivity index (χ1) is 12.8. The average Bonchev–Trinajstić information content (AvgIpc) is 3.34. The fourth-order valence-corrected chi connectivity index (χ4v) is 4.75. The Bertz CT molecular complexity index is 826. The third kappa shape index (κ3) is 4.05. The van der Waals surface area contributed by atoms with Crippen molar-refractivity contribution in [2.75, 3.05) is 6.54 Å². The second-order valence-corrected chi connectivity index (χ2v) is 8.01. The summed E-state index contributed by atoms with van der Waals surface area (Å²) in [7, 11) is 0. The Balaban J connectivity index is 1.44. The summed E-state index contributed by atoms with van der Waals surface area (Å²) in [5.74, 6) is -0.151. The second-order valence-electron chi connectivity index (χ2n) is 7.07. The van der Waals surface area contributed by atoms with Crippen LogP contribution in [0.15, 0.2) is 66.0 Å². The quantitative estimate of drug-likeness (QED) is 0.506. The molecule has 1 aromatic heterocycles. The van der Waals surface area contributed by atoms with Gasteiger partial charge in [-0.1, -0.05) is 42.5 Å². The van der Waals surface area contributed by atoms with Gasteiger partial charge >= 0.3 is 0 Å². The molecule has 4 rings (SSSR count). The summed E-state index contributed by atoms with van der Waals surface area (Å²) in [5, 5.41) is 2.15. The number of hydrogen-bond acceptors (Lipinski definition) is 2. The molecule has 2 aromatic carbocycles. The molecule has 2 heterocycles. The van der Waals surface area contributed by atoms with Crippen molar-refractivity contribution in [2.45, 2.75) is 38.3 Å². The van der Waals surface area contributed by atoms with Gasteiger partial charge in [-0.15, -0.1) is 11.3 Å². The van der Waals surface area contributed by atoms with Crippen LogP contribution >= 0.6 is 11.3 Å². The normalized spacial score (nSPS) is 17.7. The van der Waals surface area contributed by atoms with Crippen LogP contribution in [0.3, 0.4) is 0 Å². The SMILES string of the molecule is Fc1ccc(CCC2CCCN2Cc2ccccc2-c2cccs2)cc1. The standard InChI is InChI=1S/C23H24FNS/c24-20-12-9-18(10-13-20)11-14-21-6-3-15-25(21)17-19-5-1-2-7-22(19)23-8-4-16-26-23/h1-2,4-5,7-10,12-13,16,21H,3,6,11,14-15,17H2. The van der Waals surface area contributed by atoms with Crippen LogP contribution in [0.1, 0.15) is 30.4 Å². The smallest absolute Gasteiger partial charge is 0.123 e. The molecule has 0 N–H and O–H groups in total. The molecule has 0 bridgehead atoms. The minimum atomic E-state index is -0.151. The number of benzene rings is 2. The van der Waals surface area contributed by atoms with Crippen molar-refractivity contribution in [1.29, 1.82) is 0 Å². The Hall–Kier alpha value is -1.97. The fraction of sp³-hybridized carbons (Fsp3) is 0.304. The number of aryl methyl sites for hydroxylation is 1. The van der Waals surface area contributed by atoms with Gasteiger partial charge in [-0.3, -0.25) is 4.90 Å². The van der Waals surface area contributed by atoms with Crippen LogP contribution < -0.4 is 0 Å². The lowest BCUT2D eigenvalue weighted by molar-refractivity contribution is 0.235. The molecule has 0 radical (unpaired) electrons. The van der Waals surface area contributed by atoms with Gasteiger partial charge < -0.3 is 0 Å². The van der Waals surface area contributed by atoms with Gasteiger partial charge in [0.1, 0.15) is 5.82 Å². The van der Waals surface area contributed by atoms with E-state index in [1.54, 1.807) is 12.1 Å². The molecule has 1 aliphatic rings. The molecule has 3 aromatic rings. The first-order valence-electron chi connectivity index (χ1n) is 9.40. The van der Waals surface area contributed by atoms with E-state index in [4.69, 9.17) is 0 Å². The van der Waals surface area contributed by atoms with Gasteiger partial charge in [0, 0.05) is 17.5 Å². The van der Waals surface area contributed by atoms with E-state index in [2.05, 4.69) is 46.7 Å². The zero-order valence-corrected chi connectivity index (χ0v) is 15.7. The largest absolute Gasteiger partial charge is 0.296 e. The molecular formula is C23H24FNS. The van der Waals surface area contributed by atoms with Crippen molar-refractivity contribution in [3.05, 3.63) is 83.0 Å². The fourth-order valence-electron chi connectivity index (χ4n) is 3.96. The molecule has 3 heteroatoms. The maximum Gasteiger partial charge on any atom is 0.123 e. The third-order valence-electron chi connectivity index (χ3n) is 5.36. The molecule has 1 saturated heterocycles. The maximum absolute atomic E-state index is 13.1. The summed E-state index contributed by atoms with van der Waals surface area (Å²) in [4.78, 5) is 3.98. The Morgan fingerprint density at radius 2 is 1.85 bits per heavy atom. The molecule has 0 aliphatic carbocycles. The number of likely N-dealkylation sites (tertiary alicyclic amines) is 1. The van der Waals surface area contributed by atoms with Crippen LogP contribution in [-0.2, 0) is 13.0 Å². The summed E-state index contributed by atoms with van der Waals surface area (Å²) in [5.41, 5.74) is 4.02. The van der Waals surface area contributed by atoms with E-state index in [1.807, 2.05) is 23.5 Å². The molecule has 1 fully saturated rings. The topological polar surface area (TPSA) is 3.24 Å². The predicted octanol–water partition coefficient (Wildman–Crippen LogP) is 6.15. The summed E-state index contributed by atoms with van der Waals surface area (Å²) in [6.45, 7) is 2.19. The monoisotopic (exact) mass is 365 g/mol. The van der Waals surface area contributed by atoms with Crippen molar-refractivity contribution >= 4 is 11.3 Å². The van der Waals surface area contributed by atoms with E-state index in [-0.39, 0.29) is 5.82 Å². The Labute approximate surface area is 159 Å². The van der Waals surface area contributed by atoms with Gasteiger partial charge in [-0.05, 0) is 72.5 Å². The number of thiophene rings is 1. The molecule has 134 valence electrons. The third-order valence-corrected chi connectivity index (χ3v) is 6.26. The van der Waals surface area contributed by atoms with Crippen LogP contribution in [0.4, 0.5) is 4.39 Å². The van der Waals surface area contributed by atoms with E-state index in [1.165, 1.54) is 41.0 Å². The predicted molar refractivity (Wildman–Crippen MR) is 108 cm³/mol. The van der Waals surface area contributed by atoms with E-state index < -0.39 is 0 Å². The maximum atomic E-state index is 13.1. The van der Waals surface area contributed by atoms with Crippen molar-refractivity contribution in [3.63, 3.8) is 0 Å². The minimum absolute atomic E-state index is 0.151. The van der Waals surface area contributed by atoms with Gasteiger partial charge in [0.15, 0.2) is 0 Å². The lowest BCUT2D eigenvalue weighted by Gasteiger charge is -2.25. The second kappa shape index (κ2) is 8.15. The first-order valence-corrected chi connectivity index (χ1v) is 10.3. The highest BCUT2D eigenvalue weighted by molar-refractivity contribution is 7.13. The van der Waals surface area contributed by atoms with Crippen molar-refractivity contribution in [3.8, 4) is 10.4 Å². The Morgan fingerprint density at radius 1 is 1.00 bits per heavy atom. The zero-order valence-electron chi connectivity index (χ0n) is 14.9. The zero-order chi connectivity index (χ0) is 17.8. The Morgan fingerprint density at radius 3 is 2.65 bits per heavy atom.